The third kappa shape index (κ3) is 6.96. The molecule has 12 heteroatoms. The summed E-state index contributed by atoms with van der Waals surface area (Å²) >= 11 is 0. The van der Waals surface area contributed by atoms with Crippen LogP contribution in [0.4, 0.5) is 23.2 Å². The van der Waals surface area contributed by atoms with E-state index in [1.54, 1.807) is 6.20 Å². The fraction of sp³-hybridized carbons (Fsp3) is 0.424. The van der Waals surface area contributed by atoms with Gasteiger partial charge in [0.05, 0.1) is 29.6 Å². The standard InChI is InChI=1S/C33H35F4N5O3/c1-21-11-22(6-7-39-21)17-41(26-3-2-8-40(20-26)27-12-24(15-38-16-27)33(35,36)37)18-23-19-42(25-4-5-25)30-14-31(45-10-9-43)29(34)13-28(30)32(23)44/h6-7,11-16,19,25-26,43H,2-5,8-10,17-18,20H2,1H3. The lowest BCUT2D eigenvalue weighted by Gasteiger charge is -2.40. The second-order valence-electron chi connectivity index (χ2n) is 11.9. The lowest BCUT2D eigenvalue weighted by molar-refractivity contribution is -0.137. The monoisotopic (exact) mass is 625 g/mol. The Morgan fingerprint density at radius 3 is 2.67 bits per heavy atom. The Kier molecular flexibility index (Phi) is 8.78. The van der Waals surface area contributed by atoms with Crippen molar-refractivity contribution in [3.8, 4) is 5.75 Å². The second kappa shape index (κ2) is 12.8. The highest BCUT2D eigenvalue weighted by Gasteiger charge is 2.33. The first-order valence-corrected chi connectivity index (χ1v) is 15.1. The fourth-order valence-corrected chi connectivity index (χ4v) is 6.15. The number of aliphatic hydroxyl groups is 1. The molecule has 1 aliphatic heterocycles. The number of piperidine rings is 1. The first-order valence-electron chi connectivity index (χ1n) is 15.1. The lowest BCUT2D eigenvalue weighted by atomic mass is 10.0. The average Bonchev–Trinajstić information content (AvgIpc) is 3.87. The summed E-state index contributed by atoms with van der Waals surface area (Å²) in [6, 6.07) is 7.88. The summed E-state index contributed by atoms with van der Waals surface area (Å²) in [6.45, 7) is 3.39. The molecule has 1 aliphatic carbocycles. The molecular weight excluding hydrogens is 590 g/mol. The molecule has 45 heavy (non-hydrogen) atoms. The van der Waals surface area contributed by atoms with E-state index in [1.165, 1.54) is 18.3 Å². The Balaban J connectivity index is 1.36. The van der Waals surface area contributed by atoms with Crippen molar-refractivity contribution in [3.63, 3.8) is 0 Å². The molecule has 8 nitrogen and oxygen atoms in total. The van der Waals surface area contributed by atoms with Crippen molar-refractivity contribution >= 4 is 16.6 Å². The van der Waals surface area contributed by atoms with Crippen LogP contribution in [0.1, 0.15) is 54.1 Å². The van der Waals surface area contributed by atoms with Gasteiger partial charge < -0.3 is 19.3 Å². The molecule has 1 aromatic carbocycles. The van der Waals surface area contributed by atoms with Crippen molar-refractivity contribution in [2.45, 2.75) is 64.0 Å². The molecule has 0 spiro atoms. The van der Waals surface area contributed by atoms with Crippen molar-refractivity contribution in [2.24, 2.45) is 0 Å². The van der Waals surface area contributed by atoms with E-state index in [0.717, 1.165) is 49.2 Å². The Labute approximate surface area is 257 Å². The van der Waals surface area contributed by atoms with E-state index >= 15 is 4.39 Å². The minimum absolute atomic E-state index is 0.0147. The highest BCUT2D eigenvalue weighted by atomic mass is 19.4. The number of pyridine rings is 3. The number of ether oxygens (including phenoxy) is 1. The quantitative estimate of drug-likeness (QED) is 0.229. The van der Waals surface area contributed by atoms with Gasteiger partial charge in [-0.25, -0.2) is 4.39 Å². The van der Waals surface area contributed by atoms with Gasteiger partial charge >= 0.3 is 6.18 Å². The van der Waals surface area contributed by atoms with Gasteiger partial charge in [0.15, 0.2) is 17.0 Å². The molecule has 0 amide bonds. The van der Waals surface area contributed by atoms with E-state index in [0.29, 0.717) is 36.4 Å². The van der Waals surface area contributed by atoms with Crippen LogP contribution < -0.4 is 15.1 Å². The van der Waals surface area contributed by atoms with Crippen LogP contribution in [0.2, 0.25) is 0 Å². The highest BCUT2D eigenvalue weighted by Crippen LogP contribution is 2.38. The van der Waals surface area contributed by atoms with E-state index in [9.17, 15) is 18.0 Å². The van der Waals surface area contributed by atoms with Crippen LogP contribution in [0.3, 0.4) is 0 Å². The SMILES string of the molecule is Cc1cc(CN(Cc2cn(C3CC3)c3cc(OCCO)c(F)cc3c2=O)C2CCCN(c3cncc(C(F)(F)F)c3)C2)ccn1. The molecule has 1 atom stereocenters. The Bertz CT molecular complexity index is 1740. The predicted octanol–water partition coefficient (Wildman–Crippen LogP) is 5.64. The first kappa shape index (κ1) is 31.0. The summed E-state index contributed by atoms with van der Waals surface area (Å²) in [5.41, 5.74) is 2.29. The van der Waals surface area contributed by atoms with Crippen LogP contribution in [0, 0.1) is 12.7 Å². The maximum absolute atomic E-state index is 15.0. The highest BCUT2D eigenvalue weighted by molar-refractivity contribution is 5.81. The molecular formula is C33H35F4N5O3. The third-order valence-corrected chi connectivity index (χ3v) is 8.50. The van der Waals surface area contributed by atoms with Crippen molar-refractivity contribution in [2.75, 3.05) is 31.2 Å². The molecule has 1 unspecified atom stereocenters. The molecule has 0 bridgehead atoms. The number of aromatic nitrogens is 3. The summed E-state index contributed by atoms with van der Waals surface area (Å²) in [5, 5.41) is 9.40. The van der Waals surface area contributed by atoms with Crippen LogP contribution >= 0.6 is 0 Å². The molecule has 0 radical (unpaired) electrons. The molecule has 1 saturated carbocycles. The van der Waals surface area contributed by atoms with Crippen LogP contribution in [0.25, 0.3) is 10.9 Å². The summed E-state index contributed by atoms with van der Waals surface area (Å²) in [4.78, 5) is 26.2. The zero-order valence-electron chi connectivity index (χ0n) is 24.9. The number of aliphatic hydroxyl groups excluding tert-OH is 1. The number of alkyl halides is 3. The van der Waals surface area contributed by atoms with Crippen molar-refractivity contribution in [3.05, 3.63) is 93.5 Å². The van der Waals surface area contributed by atoms with Crippen LogP contribution in [0.5, 0.6) is 5.75 Å². The number of aryl methyl sites for hydroxylation is 1. The number of hydrogen-bond donors (Lipinski definition) is 1. The number of nitrogens with zero attached hydrogens (tertiary/aromatic N) is 5. The molecule has 4 aromatic rings. The van der Waals surface area contributed by atoms with E-state index in [-0.39, 0.29) is 48.4 Å². The van der Waals surface area contributed by atoms with Crippen molar-refractivity contribution in [1.29, 1.82) is 0 Å². The molecule has 6 rings (SSSR count). The van der Waals surface area contributed by atoms with E-state index in [4.69, 9.17) is 9.84 Å². The predicted molar refractivity (Wildman–Crippen MR) is 162 cm³/mol. The first-order chi connectivity index (χ1) is 21.6. The van der Waals surface area contributed by atoms with Crippen LogP contribution in [-0.4, -0.2) is 56.9 Å². The third-order valence-electron chi connectivity index (χ3n) is 8.50. The fourth-order valence-electron chi connectivity index (χ4n) is 6.15. The minimum Gasteiger partial charge on any atom is -0.488 e. The molecule has 1 N–H and O–H groups in total. The molecule has 2 fully saturated rings. The Morgan fingerprint density at radius 2 is 1.93 bits per heavy atom. The molecule has 238 valence electrons. The van der Waals surface area contributed by atoms with E-state index < -0.39 is 17.6 Å². The van der Waals surface area contributed by atoms with Gasteiger partial charge in [-0.05, 0) is 62.4 Å². The van der Waals surface area contributed by atoms with Gasteiger partial charge in [0.25, 0.3) is 0 Å². The summed E-state index contributed by atoms with van der Waals surface area (Å²) in [6.07, 6.45) is 4.80. The van der Waals surface area contributed by atoms with Gasteiger partial charge in [-0.2, -0.15) is 13.2 Å². The number of hydrogen-bond acceptors (Lipinski definition) is 7. The summed E-state index contributed by atoms with van der Waals surface area (Å²) < 4.78 is 62.8. The Hall–Kier alpha value is -4.03. The molecule has 3 aromatic heterocycles. The largest absolute Gasteiger partial charge is 0.488 e. The molecule has 1 saturated heterocycles. The normalized spacial score (nSPS) is 17.3. The average molecular weight is 626 g/mol. The van der Waals surface area contributed by atoms with Gasteiger partial charge in [0.2, 0.25) is 0 Å². The number of benzene rings is 1. The Morgan fingerprint density at radius 1 is 1.11 bits per heavy atom. The topological polar surface area (TPSA) is 83.7 Å². The number of anilines is 1. The van der Waals surface area contributed by atoms with Crippen LogP contribution in [-0.2, 0) is 19.3 Å². The van der Waals surface area contributed by atoms with Gasteiger partial charge in [0, 0.05) is 79.6 Å². The van der Waals surface area contributed by atoms with Gasteiger partial charge in [-0.1, -0.05) is 0 Å². The van der Waals surface area contributed by atoms with E-state index in [2.05, 4.69) is 14.9 Å². The van der Waals surface area contributed by atoms with E-state index in [1.807, 2.05) is 34.7 Å². The van der Waals surface area contributed by atoms with Gasteiger partial charge in [-0.15, -0.1) is 0 Å². The van der Waals surface area contributed by atoms with Gasteiger partial charge in [0.1, 0.15) is 6.61 Å². The number of halogens is 4. The van der Waals surface area contributed by atoms with Gasteiger partial charge in [-0.3, -0.25) is 19.7 Å². The maximum Gasteiger partial charge on any atom is 0.417 e. The molecule has 4 heterocycles. The summed E-state index contributed by atoms with van der Waals surface area (Å²) in [7, 11) is 0. The smallest absolute Gasteiger partial charge is 0.417 e. The van der Waals surface area contributed by atoms with Crippen LogP contribution in [0.15, 0.2) is 59.9 Å². The minimum atomic E-state index is -4.49. The maximum atomic E-state index is 15.0. The zero-order valence-corrected chi connectivity index (χ0v) is 24.9. The second-order valence-corrected chi connectivity index (χ2v) is 11.9. The number of rotatable bonds is 10. The zero-order chi connectivity index (χ0) is 31.7. The van der Waals surface area contributed by atoms with Crippen molar-refractivity contribution < 1.29 is 27.4 Å². The summed E-state index contributed by atoms with van der Waals surface area (Å²) in [5.74, 6) is -0.687. The van der Waals surface area contributed by atoms with Crippen molar-refractivity contribution in [1.82, 2.24) is 19.4 Å². The lowest BCUT2D eigenvalue weighted by Crippen LogP contribution is -2.48. The molecule has 2 aliphatic rings. The number of fused-ring (bicyclic) bond motifs is 1.